The lowest BCUT2D eigenvalue weighted by atomic mass is 10.1. The molecule has 1 atom stereocenters. The second kappa shape index (κ2) is 3.90. The largest absolute Gasteiger partial charge is 0.482 e. The molecule has 1 aliphatic rings. The van der Waals surface area contributed by atoms with Crippen molar-refractivity contribution >= 4 is 11.6 Å². The van der Waals surface area contributed by atoms with Crippen LogP contribution < -0.4 is 15.4 Å². The Bertz CT molecular complexity index is 390. The van der Waals surface area contributed by atoms with Crippen LogP contribution in [0.3, 0.4) is 0 Å². The number of anilines is 1. The van der Waals surface area contributed by atoms with Gasteiger partial charge in [-0.2, -0.15) is 0 Å². The molecule has 0 saturated carbocycles. The Morgan fingerprint density at radius 1 is 1.53 bits per heavy atom. The van der Waals surface area contributed by atoms with Gasteiger partial charge in [0.2, 0.25) is 0 Å². The van der Waals surface area contributed by atoms with Crippen LogP contribution in [0, 0.1) is 0 Å². The minimum atomic E-state index is -0.100. The van der Waals surface area contributed by atoms with Crippen LogP contribution in [-0.4, -0.2) is 19.6 Å². The summed E-state index contributed by atoms with van der Waals surface area (Å²) in [5.41, 5.74) is 1.88. The Kier molecular flexibility index (Phi) is 2.60. The molecular formula is C11H14N2O2. The van der Waals surface area contributed by atoms with E-state index in [1.54, 1.807) is 0 Å². The van der Waals surface area contributed by atoms with E-state index in [1.807, 2.05) is 25.2 Å². The first-order valence-corrected chi connectivity index (χ1v) is 4.94. The van der Waals surface area contributed by atoms with Gasteiger partial charge in [-0.25, -0.2) is 0 Å². The van der Waals surface area contributed by atoms with Gasteiger partial charge in [-0.1, -0.05) is 6.07 Å². The van der Waals surface area contributed by atoms with Crippen LogP contribution in [0.15, 0.2) is 18.2 Å². The van der Waals surface area contributed by atoms with Crippen molar-refractivity contribution in [2.45, 2.75) is 13.0 Å². The molecule has 0 radical (unpaired) electrons. The molecule has 1 heterocycles. The molecule has 4 nitrogen and oxygen atoms in total. The van der Waals surface area contributed by atoms with Crippen molar-refractivity contribution in [1.82, 2.24) is 5.32 Å². The molecule has 0 spiro atoms. The molecule has 0 bridgehead atoms. The van der Waals surface area contributed by atoms with Gasteiger partial charge in [-0.15, -0.1) is 0 Å². The van der Waals surface area contributed by atoms with Crippen LogP contribution in [0.1, 0.15) is 18.5 Å². The average Bonchev–Trinajstić information content (AvgIpc) is 2.27. The highest BCUT2D eigenvalue weighted by Gasteiger charge is 2.16. The van der Waals surface area contributed by atoms with Gasteiger partial charge in [-0.05, 0) is 31.7 Å². The smallest absolute Gasteiger partial charge is 0.262 e. The molecule has 2 N–H and O–H groups in total. The van der Waals surface area contributed by atoms with E-state index in [2.05, 4.69) is 17.6 Å². The normalized spacial score (nSPS) is 16.3. The number of carbonyl (C=O) groups excluding carboxylic acids is 1. The Morgan fingerprint density at radius 2 is 2.33 bits per heavy atom. The van der Waals surface area contributed by atoms with E-state index in [9.17, 15) is 4.79 Å². The van der Waals surface area contributed by atoms with Crippen molar-refractivity contribution in [2.24, 2.45) is 0 Å². The molecule has 4 heteroatoms. The maximum atomic E-state index is 11.1. The van der Waals surface area contributed by atoms with Gasteiger partial charge < -0.3 is 15.4 Å². The SMILES string of the molecule is CNC(C)c1ccc2c(c1)NC(=O)CO2. The number of amides is 1. The predicted molar refractivity (Wildman–Crippen MR) is 58.0 cm³/mol. The molecular weight excluding hydrogens is 192 g/mol. The lowest BCUT2D eigenvalue weighted by molar-refractivity contribution is -0.118. The third-order valence-corrected chi connectivity index (χ3v) is 2.57. The summed E-state index contributed by atoms with van der Waals surface area (Å²) < 4.78 is 5.27. The van der Waals surface area contributed by atoms with Gasteiger partial charge in [0.15, 0.2) is 6.61 Å². The Balaban J connectivity index is 2.32. The van der Waals surface area contributed by atoms with Crippen molar-refractivity contribution in [3.8, 4) is 5.75 Å². The van der Waals surface area contributed by atoms with Crippen molar-refractivity contribution in [2.75, 3.05) is 19.0 Å². The molecule has 1 aromatic carbocycles. The summed E-state index contributed by atoms with van der Waals surface area (Å²) in [5.74, 6) is 0.637. The number of rotatable bonds is 2. The fourth-order valence-corrected chi connectivity index (χ4v) is 1.54. The van der Waals surface area contributed by atoms with Gasteiger partial charge >= 0.3 is 0 Å². The monoisotopic (exact) mass is 206 g/mol. The molecule has 1 unspecified atom stereocenters. The molecule has 1 aromatic rings. The highest BCUT2D eigenvalue weighted by Crippen LogP contribution is 2.30. The number of hydrogen-bond donors (Lipinski definition) is 2. The number of hydrogen-bond acceptors (Lipinski definition) is 3. The molecule has 1 aliphatic heterocycles. The molecule has 2 rings (SSSR count). The maximum absolute atomic E-state index is 11.1. The fourth-order valence-electron chi connectivity index (χ4n) is 1.54. The summed E-state index contributed by atoms with van der Waals surface area (Å²) >= 11 is 0. The van der Waals surface area contributed by atoms with Crippen molar-refractivity contribution < 1.29 is 9.53 Å². The highest BCUT2D eigenvalue weighted by atomic mass is 16.5. The lowest BCUT2D eigenvalue weighted by Crippen LogP contribution is -2.25. The number of fused-ring (bicyclic) bond motifs is 1. The zero-order chi connectivity index (χ0) is 10.8. The standard InChI is InChI=1S/C11H14N2O2/c1-7(12-2)8-3-4-10-9(5-8)13-11(14)6-15-10/h3-5,7,12H,6H2,1-2H3,(H,13,14). The Hall–Kier alpha value is -1.55. The number of benzene rings is 1. The van der Waals surface area contributed by atoms with Gasteiger partial charge in [-0.3, -0.25) is 4.79 Å². The second-order valence-electron chi connectivity index (χ2n) is 3.60. The first kappa shape index (κ1) is 9.98. The van der Waals surface area contributed by atoms with E-state index in [-0.39, 0.29) is 18.6 Å². The van der Waals surface area contributed by atoms with Crippen molar-refractivity contribution in [3.63, 3.8) is 0 Å². The molecule has 0 fully saturated rings. The number of ether oxygens (including phenoxy) is 1. The van der Waals surface area contributed by atoms with Crippen LogP contribution in [0.4, 0.5) is 5.69 Å². The summed E-state index contributed by atoms with van der Waals surface area (Å²) in [5, 5.41) is 5.93. The number of nitrogens with one attached hydrogen (secondary N) is 2. The maximum Gasteiger partial charge on any atom is 0.262 e. The van der Waals surface area contributed by atoms with Gasteiger partial charge in [0, 0.05) is 6.04 Å². The van der Waals surface area contributed by atoms with Crippen LogP contribution in [0.5, 0.6) is 5.75 Å². The first-order chi connectivity index (χ1) is 7.20. The molecule has 15 heavy (non-hydrogen) atoms. The molecule has 1 amide bonds. The van der Waals surface area contributed by atoms with Crippen LogP contribution >= 0.6 is 0 Å². The summed E-state index contributed by atoms with van der Waals surface area (Å²) in [6.45, 7) is 2.17. The minimum absolute atomic E-state index is 0.100. The average molecular weight is 206 g/mol. The third-order valence-electron chi connectivity index (χ3n) is 2.57. The molecule has 0 aromatic heterocycles. The fraction of sp³-hybridized carbons (Fsp3) is 0.364. The second-order valence-corrected chi connectivity index (χ2v) is 3.60. The molecule has 0 saturated heterocycles. The van der Waals surface area contributed by atoms with E-state index >= 15 is 0 Å². The van der Waals surface area contributed by atoms with Gasteiger partial charge in [0.05, 0.1) is 5.69 Å². The van der Waals surface area contributed by atoms with Crippen molar-refractivity contribution in [1.29, 1.82) is 0 Å². The zero-order valence-corrected chi connectivity index (χ0v) is 8.83. The van der Waals surface area contributed by atoms with E-state index in [1.165, 1.54) is 0 Å². The summed E-state index contributed by atoms with van der Waals surface area (Å²) in [4.78, 5) is 11.1. The minimum Gasteiger partial charge on any atom is -0.482 e. The van der Waals surface area contributed by atoms with Crippen molar-refractivity contribution in [3.05, 3.63) is 23.8 Å². The van der Waals surface area contributed by atoms with E-state index in [0.717, 1.165) is 17.0 Å². The van der Waals surface area contributed by atoms with Gasteiger partial charge in [0.25, 0.3) is 5.91 Å². The third kappa shape index (κ3) is 1.94. The topological polar surface area (TPSA) is 50.4 Å². The Labute approximate surface area is 88.6 Å². The molecule has 80 valence electrons. The Morgan fingerprint density at radius 3 is 3.07 bits per heavy atom. The lowest BCUT2D eigenvalue weighted by Gasteiger charge is -2.20. The number of carbonyl (C=O) groups is 1. The zero-order valence-electron chi connectivity index (χ0n) is 8.83. The highest BCUT2D eigenvalue weighted by molar-refractivity contribution is 5.95. The van der Waals surface area contributed by atoms with Crippen LogP contribution in [0.2, 0.25) is 0 Å². The summed E-state index contributed by atoms with van der Waals surface area (Å²) in [7, 11) is 1.90. The van der Waals surface area contributed by atoms with Crippen LogP contribution in [0.25, 0.3) is 0 Å². The molecule has 0 aliphatic carbocycles. The van der Waals surface area contributed by atoms with E-state index in [0.29, 0.717) is 0 Å². The van der Waals surface area contributed by atoms with E-state index in [4.69, 9.17) is 4.74 Å². The van der Waals surface area contributed by atoms with Crippen LogP contribution in [-0.2, 0) is 4.79 Å². The predicted octanol–water partition coefficient (Wildman–Crippen LogP) is 1.30. The summed E-state index contributed by atoms with van der Waals surface area (Å²) in [6.07, 6.45) is 0. The quantitative estimate of drug-likeness (QED) is 0.766. The van der Waals surface area contributed by atoms with E-state index < -0.39 is 0 Å². The van der Waals surface area contributed by atoms with Gasteiger partial charge in [0.1, 0.15) is 5.75 Å². The first-order valence-electron chi connectivity index (χ1n) is 4.94. The summed E-state index contributed by atoms with van der Waals surface area (Å²) in [6, 6.07) is 6.08.